The van der Waals surface area contributed by atoms with E-state index in [9.17, 15) is 0 Å². The summed E-state index contributed by atoms with van der Waals surface area (Å²) in [5.74, 6) is 3.29. The lowest BCUT2D eigenvalue weighted by Crippen LogP contribution is -2.11. The van der Waals surface area contributed by atoms with Gasteiger partial charge in [0.25, 0.3) is 0 Å². The van der Waals surface area contributed by atoms with E-state index < -0.39 is 17.2 Å². The van der Waals surface area contributed by atoms with Crippen molar-refractivity contribution in [1.82, 2.24) is 0 Å². The standard InChI is InChI=1S/C35H38O6P2/c1-20-9-24(5)32(38-42-36-18-30-15-22(3)11-26(7)34(30)40-42)28(13-20)17-29-14-21(2)10-25(6)33(29)39-43-37-19-31-16-23(4)12-27(8)35(31)41-43/h9-16H,17-19H2,1-8H3. The maximum absolute atomic E-state index is 6.53. The zero-order valence-corrected chi connectivity index (χ0v) is 27.9. The first-order valence-corrected chi connectivity index (χ1v) is 16.7. The lowest BCUT2D eigenvalue weighted by atomic mass is 9.96. The summed E-state index contributed by atoms with van der Waals surface area (Å²) in [7, 11) is -3.22. The SMILES string of the molecule is Cc1cc(C)c2c(c1)COP(Oc1c(C)cc(C)cc1Cc1cc(C)cc(C)c1OP1OCc3cc(C)cc(C)c3O1)O2. The first kappa shape index (κ1) is 29.9. The zero-order chi connectivity index (χ0) is 30.4. The summed E-state index contributed by atoms with van der Waals surface area (Å²) in [4.78, 5) is 0. The third kappa shape index (κ3) is 6.40. The second-order valence-corrected chi connectivity index (χ2v) is 14.0. The molecule has 0 saturated heterocycles. The van der Waals surface area contributed by atoms with Crippen molar-refractivity contribution in [3.8, 4) is 23.0 Å². The highest BCUT2D eigenvalue weighted by Crippen LogP contribution is 2.52. The topological polar surface area (TPSA) is 55.4 Å². The number of benzene rings is 4. The lowest BCUT2D eigenvalue weighted by Gasteiger charge is -2.28. The Morgan fingerprint density at radius 3 is 1.30 bits per heavy atom. The van der Waals surface area contributed by atoms with E-state index in [2.05, 4.69) is 104 Å². The smallest absolute Gasteiger partial charge is 0.417 e. The number of hydrogen-bond donors (Lipinski definition) is 0. The molecule has 0 aromatic heterocycles. The van der Waals surface area contributed by atoms with Crippen LogP contribution in [0.5, 0.6) is 23.0 Å². The summed E-state index contributed by atoms with van der Waals surface area (Å²) >= 11 is 0. The van der Waals surface area contributed by atoms with Gasteiger partial charge in [0, 0.05) is 17.5 Å². The molecule has 224 valence electrons. The third-order valence-corrected chi connectivity index (χ3v) is 9.69. The molecule has 0 bridgehead atoms. The molecule has 0 fully saturated rings. The van der Waals surface area contributed by atoms with Crippen LogP contribution in [0.15, 0.2) is 48.5 Å². The van der Waals surface area contributed by atoms with Gasteiger partial charge in [0.05, 0.1) is 13.2 Å². The van der Waals surface area contributed by atoms with Gasteiger partial charge in [-0.1, -0.05) is 70.8 Å². The summed E-state index contributed by atoms with van der Waals surface area (Å²) < 4.78 is 37.8. The molecule has 0 spiro atoms. The van der Waals surface area contributed by atoms with E-state index in [1.54, 1.807) is 0 Å². The zero-order valence-electron chi connectivity index (χ0n) is 26.1. The van der Waals surface area contributed by atoms with Crippen LogP contribution in [0.1, 0.15) is 66.8 Å². The van der Waals surface area contributed by atoms with Crippen molar-refractivity contribution in [2.24, 2.45) is 0 Å². The summed E-state index contributed by atoms with van der Waals surface area (Å²) in [5.41, 5.74) is 13.2. The summed E-state index contributed by atoms with van der Waals surface area (Å²) in [6, 6.07) is 17.1. The molecule has 4 aromatic rings. The molecule has 4 aromatic carbocycles. The summed E-state index contributed by atoms with van der Waals surface area (Å²) in [6.07, 6.45) is 0.603. The molecule has 6 nitrogen and oxygen atoms in total. The summed E-state index contributed by atoms with van der Waals surface area (Å²) in [5, 5.41) is 0. The Balaban J connectivity index is 1.28. The molecule has 2 aliphatic heterocycles. The molecule has 2 atom stereocenters. The fourth-order valence-electron chi connectivity index (χ4n) is 6.06. The van der Waals surface area contributed by atoms with Crippen LogP contribution in [-0.4, -0.2) is 0 Å². The van der Waals surface area contributed by atoms with E-state index in [0.29, 0.717) is 19.6 Å². The van der Waals surface area contributed by atoms with Crippen molar-refractivity contribution < 1.29 is 27.1 Å². The van der Waals surface area contributed by atoms with Crippen LogP contribution in [-0.2, 0) is 28.7 Å². The number of rotatable bonds is 6. The predicted octanol–water partition coefficient (Wildman–Crippen LogP) is 10.2. The molecule has 0 aliphatic carbocycles. The quantitative estimate of drug-likeness (QED) is 0.201. The highest BCUT2D eigenvalue weighted by molar-refractivity contribution is 7.43. The molecule has 2 aliphatic rings. The third-order valence-electron chi connectivity index (χ3n) is 7.68. The Bertz CT molecular complexity index is 1590. The normalized spacial score (nSPS) is 17.4. The maximum atomic E-state index is 6.53. The van der Waals surface area contributed by atoms with Crippen LogP contribution >= 0.6 is 17.2 Å². The van der Waals surface area contributed by atoms with E-state index in [-0.39, 0.29) is 0 Å². The second-order valence-electron chi connectivity index (χ2n) is 11.8. The molecule has 0 radical (unpaired) electrons. The monoisotopic (exact) mass is 616 g/mol. The predicted molar refractivity (Wildman–Crippen MR) is 172 cm³/mol. The highest BCUT2D eigenvalue weighted by atomic mass is 31.2. The number of fused-ring (bicyclic) bond motifs is 2. The van der Waals surface area contributed by atoms with E-state index >= 15 is 0 Å². The molecule has 2 unspecified atom stereocenters. The van der Waals surface area contributed by atoms with E-state index in [1.807, 2.05) is 0 Å². The van der Waals surface area contributed by atoms with Crippen molar-refractivity contribution in [3.05, 3.63) is 115 Å². The van der Waals surface area contributed by atoms with Gasteiger partial charge in [-0.15, -0.1) is 0 Å². The minimum Gasteiger partial charge on any atom is -0.417 e. The first-order chi connectivity index (χ1) is 20.5. The summed E-state index contributed by atoms with van der Waals surface area (Å²) in [6.45, 7) is 17.6. The Morgan fingerprint density at radius 2 is 0.884 bits per heavy atom. The van der Waals surface area contributed by atoms with Crippen molar-refractivity contribution in [2.75, 3.05) is 0 Å². The fourth-order valence-corrected chi connectivity index (χ4v) is 8.48. The number of aryl methyl sites for hydroxylation is 8. The molecule has 8 heteroatoms. The molecule has 43 heavy (non-hydrogen) atoms. The molecule has 0 amide bonds. The van der Waals surface area contributed by atoms with Gasteiger partial charge >= 0.3 is 17.2 Å². The lowest BCUT2D eigenvalue weighted by molar-refractivity contribution is 0.231. The first-order valence-electron chi connectivity index (χ1n) is 14.5. The Hall–Kier alpha value is -3.14. The molecular formula is C35H38O6P2. The largest absolute Gasteiger partial charge is 0.463 e. The van der Waals surface area contributed by atoms with Crippen molar-refractivity contribution in [1.29, 1.82) is 0 Å². The van der Waals surface area contributed by atoms with Gasteiger partial charge in [-0.2, -0.15) is 0 Å². The molecule has 0 saturated carbocycles. The van der Waals surface area contributed by atoms with Gasteiger partial charge < -0.3 is 18.1 Å². The van der Waals surface area contributed by atoms with Gasteiger partial charge in [0.1, 0.15) is 23.0 Å². The molecular weight excluding hydrogens is 578 g/mol. The van der Waals surface area contributed by atoms with Crippen LogP contribution in [0.2, 0.25) is 0 Å². The van der Waals surface area contributed by atoms with Crippen molar-refractivity contribution in [2.45, 2.75) is 75.0 Å². The maximum Gasteiger partial charge on any atom is 0.463 e. The Kier molecular flexibility index (Phi) is 8.41. The average molecular weight is 617 g/mol. The van der Waals surface area contributed by atoms with Gasteiger partial charge in [-0.3, -0.25) is 9.05 Å². The van der Waals surface area contributed by atoms with Crippen molar-refractivity contribution >= 4 is 17.2 Å². The fraction of sp³-hybridized carbons (Fsp3) is 0.314. The molecule has 0 N–H and O–H groups in total. The second kappa shape index (κ2) is 12.1. The minimum atomic E-state index is -1.61. The van der Waals surface area contributed by atoms with Crippen molar-refractivity contribution in [3.63, 3.8) is 0 Å². The van der Waals surface area contributed by atoms with Crippen LogP contribution in [0.25, 0.3) is 0 Å². The minimum absolute atomic E-state index is 0.463. The molecule has 6 rings (SSSR count). The van der Waals surface area contributed by atoms with Crippen LogP contribution in [0.4, 0.5) is 0 Å². The van der Waals surface area contributed by atoms with E-state index in [4.69, 9.17) is 27.1 Å². The Morgan fingerprint density at radius 1 is 0.512 bits per heavy atom. The Labute approximate surface area is 257 Å². The van der Waals surface area contributed by atoms with E-state index in [0.717, 1.165) is 78.6 Å². The van der Waals surface area contributed by atoms with Crippen LogP contribution < -0.4 is 18.1 Å². The van der Waals surface area contributed by atoms with Gasteiger partial charge in [0.15, 0.2) is 0 Å². The van der Waals surface area contributed by atoms with Gasteiger partial charge in [0.2, 0.25) is 0 Å². The molecule has 2 heterocycles. The highest BCUT2D eigenvalue weighted by Gasteiger charge is 2.30. The number of hydrogen-bond acceptors (Lipinski definition) is 6. The average Bonchev–Trinajstić information content (AvgIpc) is 2.93. The van der Waals surface area contributed by atoms with Crippen LogP contribution in [0.3, 0.4) is 0 Å². The van der Waals surface area contributed by atoms with Crippen LogP contribution in [0, 0.1) is 55.4 Å². The van der Waals surface area contributed by atoms with E-state index in [1.165, 1.54) is 11.1 Å². The van der Waals surface area contributed by atoms with Gasteiger partial charge in [-0.05, 0) is 88.8 Å². The van der Waals surface area contributed by atoms with Gasteiger partial charge in [-0.25, -0.2) is 0 Å².